The van der Waals surface area contributed by atoms with Crippen molar-refractivity contribution in [3.8, 4) is 6.07 Å². The minimum absolute atomic E-state index is 0.0339. The lowest BCUT2D eigenvalue weighted by Gasteiger charge is -2.24. The lowest BCUT2D eigenvalue weighted by molar-refractivity contribution is -0.135. The second kappa shape index (κ2) is 6.44. The molecule has 1 saturated heterocycles. The molecule has 5 nitrogen and oxygen atoms in total. The molecule has 0 spiro atoms. The molecule has 0 aromatic heterocycles. The van der Waals surface area contributed by atoms with E-state index in [0.717, 1.165) is 6.07 Å². The van der Waals surface area contributed by atoms with Crippen molar-refractivity contribution in [3.05, 3.63) is 35.1 Å². The number of sulfone groups is 1. The number of carbonyl (C=O) groups excluding carboxylic acids is 1. The minimum Gasteiger partial charge on any atom is -0.338 e. The van der Waals surface area contributed by atoms with Crippen LogP contribution in [0.4, 0.5) is 4.39 Å². The molecule has 1 aliphatic rings. The Morgan fingerprint density at radius 3 is 2.73 bits per heavy atom. The van der Waals surface area contributed by atoms with Crippen LogP contribution in [0, 0.1) is 23.1 Å². The first kappa shape index (κ1) is 16.4. The average Bonchev–Trinajstić information content (AvgIpc) is 2.85. The van der Waals surface area contributed by atoms with Crippen LogP contribution < -0.4 is 0 Å². The monoisotopic (exact) mass is 324 g/mol. The van der Waals surface area contributed by atoms with Crippen molar-refractivity contribution < 1.29 is 17.6 Å². The smallest absolute Gasteiger partial charge is 0.227 e. The maximum atomic E-state index is 13.9. The van der Waals surface area contributed by atoms with E-state index in [9.17, 15) is 17.6 Å². The zero-order valence-corrected chi connectivity index (χ0v) is 13.1. The molecule has 1 amide bonds. The summed E-state index contributed by atoms with van der Waals surface area (Å²) in [5.74, 6) is -1.42. The predicted octanol–water partition coefficient (Wildman–Crippen LogP) is 1.48. The molecule has 1 heterocycles. The molecule has 0 bridgehead atoms. The Balaban J connectivity index is 2.13. The van der Waals surface area contributed by atoms with E-state index in [2.05, 4.69) is 0 Å². The highest BCUT2D eigenvalue weighted by Crippen LogP contribution is 2.22. The summed E-state index contributed by atoms with van der Waals surface area (Å²) >= 11 is 0. The first-order valence-electron chi connectivity index (χ1n) is 7.04. The van der Waals surface area contributed by atoms with Crippen LogP contribution in [0.25, 0.3) is 0 Å². The van der Waals surface area contributed by atoms with Gasteiger partial charge in [-0.15, -0.1) is 0 Å². The molecule has 0 radical (unpaired) electrons. The van der Waals surface area contributed by atoms with Gasteiger partial charge in [-0.1, -0.05) is 6.07 Å². The molecule has 0 N–H and O–H groups in total. The van der Waals surface area contributed by atoms with Crippen molar-refractivity contribution in [2.45, 2.75) is 19.9 Å². The Morgan fingerprint density at radius 1 is 1.50 bits per heavy atom. The van der Waals surface area contributed by atoms with E-state index in [-0.39, 0.29) is 29.5 Å². The number of carbonyl (C=O) groups is 1. The number of benzene rings is 1. The molecule has 1 fully saturated rings. The Hall–Kier alpha value is -1.94. The maximum Gasteiger partial charge on any atom is 0.227 e. The lowest BCUT2D eigenvalue weighted by Crippen LogP contribution is -2.36. The highest BCUT2D eigenvalue weighted by atomic mass is 32.2. The number of nitrogens with zero attached hydrogens (tertiary/aromatic N) is 2. The fourth-order valence-electron chi connectivity index (χ4n) is 2.54. The molecular formula is C15H17FN2O3S. The van der Waals surface area contributed by atoms with E-state index in [1.807, 2.05) is 6.07 Å². The second-order valence-electron chi connectivity index (χ2n) is 5.37. The summed E-state index contributed by atoms with van der Waals surface area (Å²) < 4.78 is 36.9. The normalized spacial score (nSPS) is 19.6. The molecule has 22 heavy (non-hydrogen) atoms. The van der Waals surface area contributed by atoms with Gasteiger partial charge in [0, 0.05) is 18.7 Å². The fourth-order valence-corrected chi connectivity index (χ4v) is 4.28. The third-order valence-electron chi connectivity index (χ3n) is 3.82. The van der Waals surface area contributed by atoms with E-state index in [1.165, 1.54) is 17.0 Å². The van der Waals surface area contributed by atoms with Gasteiger partial charge in [0.15, 0.2) is 9.84 Å². The summed E-state index contributed by atoms with van der Waals surface area (Å²) in [4.78, 5) is 13.8. The first-order chi connectivity index (χ1) is 10.4. The Labute approximate surface area is 129 Å². The topological polar surface area (TPSA) is 78.2 Å². The molecule has 2 rings (SSSR count). The van der Waals surface area contributed by atoms with Crippen LogP contribution in [-0.4, -0.2) is 37.3 Å². The highest BCUT2D eigenvalue weighted by molar-refractivity contribution is 7.91. The van der Waals surface area contributed by atoms with Crippen LogP contribution in [0.5, 0.6) is 0 Å². The lowest BCUT2D eigenvalue weighted by atomic mass is 10.1. The van der Waals surface area contributed by atoms with Gasteiger partial charge in [0.1, 0.15) is 5.82 Å². The summed E-state index contributed by atoms with van der Waals surface area (Å²) in [6, 6.07) is 5.96. The van der Waals surface area contributed by atoms with Crippen molar-refractivity contribution in [1.29, 1.82) is 5.26 Å². The number of rotatable bonds is 4. The Morgan fingerprint density at radius 2 is 2.23 bits per heavy atom. The molecule has 1 aromatic carbocycles. The molecule has 1 aromatic rings. The molecule has 7 heteroatoms. The van der Waals surface area contributed by atoms with Gasteiger partial charge in [-0.2, -0.15) is 5.26 Å². The summed E-state index contributed by atoms with van der Waals surface area (Å²) in [6.45, 7) is 2.21. The molecule has 1 atom stereocenters. The van der Waals surface area contributed by atoms with Gasteiger partial charge in [-0.05, 0) is 25.5 Å². The third-order valence-corrected chi connectivity index (χ3v) is 5.59. The molecule has 0 unspecified atom stereocenters. The second-order valence-corrected chi connectivity index (χ2v) is 7.60. The van der Waals surface area contributed by atoms with Gasteiger partial charge in [0.25, 0.3) is 0 Å². The van der Waals surface area contributed by atoms with Crippen LogP contribution in [0.1, 0.15) is 24.5 Å². The van der Waals surface area contributed by atoms with Crippen molar-refractivity contribution in [2.24, 2.45) is 5.92 Å². The number of halogens is 1. The molecular weight excluding hydrogens is 307 g/mol. The van der Waals surface area contributed by atoms with E-state index in [1.54, 1.807) is 6.92 Å². The number of hydrogen-bond acceptors (Lipinski definition) is 4. The Kier molecular flexibility index (Phi) is 4.81. The predicted molar refractivity (Wildman–Crippen MR) is 79.0 cm³/mol. The van der Waals surface area contributed by atoms with Crippen LogP contribution >= 0.6 is 0 Å². The van der Waals surface area contributed by atoms with Crippen molar-refractivity contribution in [2.75, 3.05) is 18.1 Å². The van der Waals surface area contributed by atoms with Crippen LogP contribution in [-0.2, 0) is 21.2 Å². The molecule has 0 aliphatic carbocycles. The standard InChI is InChI=1S/C15H17FN2O3S/c1-2-18(15(19)13-5-6-22(20,21)10-13)9-12-4-3-11(8-17)7-14(12)16/h3-4,7,13H,2,5-6,9-10H2,1H3/t13-/m0/s1. The summed E-state index contributed by atoms with van der Waals surface area (Å²) in [7, 11) is -3.13. The zero-order chi connectivity index (χ0) is 16.3. The number of nitriles is 1. The fraction of sp³-hybridized carbons (Fsp3) is 0.467. The van der Waals surface area contributed by atoms with E-state index in [4.69, 9.17) is 5.26 Å². The quantitative estimate of drug-likeness (QED) is 0.840. The van der Waals surface area contributed by atoms with Crippen molar-refractivity contribution in [1.82, 2.24) is 4.90 Å². The third kappa shape index (κ3) is 3.63. The number of hydrogen-bond donors (Lipinski definition) is 0. The van der Waals surface area contributed by atoms with E-state index in [0.29, 0.717) is 18.5 Å². The van der Waals surface area contributed by atoms with Crippen molar-refractivity contribution >= 4 is 15.7 Å². The maximum absolute atomic E-state index is 13.9. The largest absolute Gasteiger partial charge is 0.338 e. The van der Waals surface area contributed by atoms with E-state index >= 15 is 0 Å². The zero-order valence-electron chi connectivity index (χ0n) is 12.3. The van der Waals surface area contributed by atoms with Gasteiger partial charge in [0.05, 0.1) is 29.1 Å². The van der Waals surface area contributed by atoms with Gasteiger partial charge in [0.2, 0.25) is 5.91 Å². The first-order valence-corrected chi connectivity index (χ1v) is 8.86. The van der Waals surface area contributed by atoms with Gasteiger partial charge in [-0.3, -0.25) is 4.79 Å². The number of amides is 1. The SMILES string of the molecule is CCN(Cc1ccc(C#N)cc1F)C(=O)[C@H]1CCS(=O)(=O)C1. The Bertz CT molecular complexity index is 725. The summed E-state index contributed by atoms with van der Waals surface area (Å²) in [5.41, 5.74) is 0.535. The van der Waals surface area contributed by atoms with Crippen LogP contribution in [0.3, 0.4) is 0 Å². The minimum atomic E-state index is -3.13. The van der Waals surface area contributed by atoms with Crippen molar-refractivity contribution in [3.63, 3.8) is 0 Å². The highest BCUT2D eigenvalue weighted by Gasteiger charge is 2.35. The molecule has 0 saturated carbocycles. The molecule has 118 valence electrons. The van der Waals surface area contributed by atoms with Crippen LogP contribution in [0.15, 0.2) is 18.2 Å². The summed E-state index contributed by atoms with van der Waals surface area (Å²) in [5, 5.41) is 8.72. The van der Waals surface area contributed by atoms with E-state index < -0.39 is 21.6 Å². The average molecular weight is 324 g/mol. The van der Waals surface area contributed by atoms with Gasteiger partial charge < -0.3 is 4.90 Å². The van der Waals surface area contributed by atoms with Gasteiger partial charge >= 0.3 is 0 Å². The molecule has 1 aliphatic heterocycles. The van der Waals surface area contributed by atoms with Crippen LogP contribution in [0.2, 0.25) is 0 Å². The summed E-state index contributed by atoms with van der Waals surface area (Å²) in [6.07, 6.45) is 0.327. The van der Waals surface area contributed by atoms with Gasteiger partial charge in [-0.25, -0.2) is 12.8 Å².